The van der Waals surface area contributed by atoms with E-state index in [0.29, 0.717) is 21.3 Å². The molecule has 1 atom stereocenters. The normalized spacial score (nSPS) is 18.5. The molecule has 0 spiro atoms. The Balaban J connectivity index is 1.88. The summed E-state index contributed by atoms with van der Waals surface area (Å²) in [6.07, 6.45) is -0.644. The number of hydrogen-bond donors (Lipinski definition) is 1. The van der Waals surface area contributed by atoms with Crippen LogP contribution < -0.4 is 5.32 Å². The van der Waals surface area contributed by atoms with Crippen LogP contribution in [-0.4, -0.2) is 12.7 Å². The number of anilines is 1. The Kier molecular flexibility index (Phi) is 4.86. The average molecular weight is 419 g/mol. The maximum Gasteiger partial charge on any atom is 0.247 e. The van der Waals surface area contributed by atoms with Gasteiger partial charge in [-0.2, -0.15) is 4.31 Å². The maximum absolute atomic E-state index is 13.4. The number of fused-ring (bicyclic) bond motifs is 1. The summed E-state index contributed by atoms with van der Waals surface area (Å²) in [5.41, 5.74) is 1.96. The number of para-hydroxylation sites is 1. The summed E-state index contributed by atoms with van der Waals surface area (Å²) >= 11 is 12.7. The molecular formula is C20H16Cl2N2O2S. The number of benzene rings is 3. The van der Waals surface area contributed by atoms with Crippen LogP contribution in [0, 0.1) is 0 Å². The first-order chi connectivity index (χ1) is 13.0. The first-order valence-electron chi connectivity index (χ1n) is 8.34. The van der Waals surface area contributed by atoms with E-state index in [1.165, 1.54) is 4.31 Å². The van der Waals surface area contributed by atoms with Crippen molar-refractivity contribution in [1.29, 1.82) is 0 Å². The van der Waals surface area contributed by atoms with Crippen molar-refractivity contribution in [3.8, 4) is 0 Å². The zero-order valence-electron chi connectivity index (χ0n) is 14.1. The standard InChI is InChI=1S/C20H16Cl2N2O2S/c21-16-9-3-1-7-14(16)13-24-20(15-8-2-4-10-17(15)22)23-18-11-5-6-12-19(18)27(24,25)26/h1-12,20,23H,13H2. The van der Waals surface area contributed by atoms with Crippen LogP contribution in [-0.2, 0) is 16.6 Å². The number of sulfonamides is 1. The van der Waals surface area contributed by atoms with Gasteiger partial charge in [-0.1, -0.05) is 71.7 Å². The van der Waals surface area contributed by atoms with E-state index < -0.39 is 16.2 Å². The summed E-state index contributed by atoms with van der Waals surface area (Å²) in [5, 5.41) is 4.33. The van der Waals surface area contributed by atoms with Gasteiger partial charge in [0.05, 0.1) is 5.69 Å². The minimum absolute atomic E-state index is 0.124. The molecule has 0 saturated heterocycles. The first kappa shape index (κ1) is 18.3. The van der Waals surface area contributed by atoms with Crippen molar-refractivity contribution in [2.24, 2.45) is 0 Å². The van der Waals surface area contributed by atoms with Crippen LogP contribution >= 0.6 is 23.2 Å². The molecule has 0 saturated carbocycles. The Labute approximate surface area is 168 Å². The smallest absolute Gasteiger partial charge is 0.247 e. The van der Waals surface area contributed by atoms with Crippen molar-refractivity contribution in [3.05, 3.63) is 94.0 Å². The van der Waals surface area contributed by atoms with Crippen LogP contribution in [0.25, 0.3) is 0 Å². The second-order valence-corrected chi connectivity index (χ2v) is 8.88. The molecule has 0 aromatic heterocycles. The Morgan fingerprint density at radius 2 is 1.48 bits per heavy atom. The van der Waals surface area contributed by atoms with Gasteiger partial charge in [-0.25, -0.2) is 8.42 Å². The topological polar surface area (TPSA) is 49.4 Å². The van der Waals surface area contributed by atoms with Gasteiger partial charge in [0.15, 0.2) is 0 Å². The van der Waals surface area contributed by atoms with Crippen LogP contribution in [0.15, 0.2) is 77.7 Å². The SMILES string of the molecule is O=S1(=O)c2ccccc2NC(c2ccccc2Cl)N1Cc1ccccc1Cl. The fourth-order valence-electron chi connectivity index (χ4n) is 3.20. The molecule has 27 heavy (non-hydrogen) atoms. The Morgan fingerprint density at radius 3 is 2.22 bits per heavy atom. The minimum atomic E-state index is -3.76. The molecule has 1 aliphatic rings. The largest absolute Gasteiger partial charge is 0.364 e. The van der Waals surface area contributed by atoms with Crippen molar-refractivity contribution in [2.45, 2.75) is 17.6 Å². The van der Waals surface area contributed by atoms with Gasteiger partial charge in [-0.15, -0.1) is 0 Å². The molecule has 1 N–H and O–H groups in total. The Bertz CT molecular complexity index is 1100. The average Bonchev–Trinajstić information content (AvgIpc) is 2.66. The highest BCUT2D eigenvalue weighted by Gasteiger charge is 2.39. The van der Waals surface area contributed by atoms with Crippen LogP contribution in [0.3, 0.4) is 0 Å². The van der Waals surface area contributed by atoms with E-state index in [4.69, 9.17) is 23.2 Å². The third-order valence-corrected chi connectivity index (χ3v) is 7.12. The molecule has 4 rings (SSSR count). The highest BCUT2D eigenvalue weighted by molar-refractivity contribution is 7.89. The summed E-state index contributed by atoms with van der Waals surface area (Å²) in [7, 11) is -3.76. The highest BCUT2D eigenvalue weighted by atomic mass is 35.5. The van der Waals surface area contributed by atoms with Crippen molar-refractivity contribution in [3.63, 3.8) is 0 Å². The van der Waals surface area contributed by atoms with Gasteiger partial charge < -0.3 is 5.32 Å². The van der Waals surface area contributed by atoms with Crippen molar-refractivity contribution in [2.75, 3.05) is 5.32 Å². The summed E-state index contributed by atoms with van der Waals surface area (Å²) in [5.74, 6) is 0. The summed E-state index contributed by atoms with van der Waals surface area (Å²) in [4.78, 5) is 0.236. The molecule has 0 fully saturated rings. The molecule has 3 aromatic carbocycles. The van der Waals surface area contributed by atoms with E-state index in [1.807, 2.05) is 36.4 Å². The Morgan fingerprint density at radius 1 is 0.852 bits per heavy atom. The van der Waals surface area contributed by atoms with Gasteiger partial charge in [0.1, 0.15) is 11.1 Å². The zero-order valence-corrected chi connectivity index (χ0v) is 16.5. The second-order valence-electron chi connectivity index (χ2n) is 6.21. The fourth-order valence-corrected chi connectivity index (χ4v) is 5.29. The maximum atomic E-state index is 13.4. The first-order valence-corrected chi connectivity index (χ1v) is 10.5. The lowest BCUT2D eigenvalue weighted by atomic mass is 10.1. The third kappa shape index (κ3) is 3.32. The second kappa shape index (κ2) is 7.17. The van der Waals surface area contributed by atoms with Gasteiger partial charge in [0.25, 0.3) is 0 Å². The summed E-state index contributed by atoms with van der Waals surface area (Å²) in [6.45, 7) is 0.124. The molecule has 0 bridgehead atoms. The van der Waals surface area contributed by atoms with Crippen LogP contribution in [0.4, 0.5) is 5.69 Å². The number of nitrogens with one attached hydrogen (secondary N) is 1. The van der Waals surface area contributed by atoms with Gasteiger partial charge in [0.2, 0.25) is 10.0 Å². The molecule has 4 nitrogen and oxygen atoms in total. The molecule has 0 radical (unpaired) electrons. The number of halogens is 2. The molecule has 1 heterocycles. The number of rotatable bonds is 3. The van der Waals surface area contributed by atoms with E-state index in [9.17, 15) is 8.42 Å². The van der Waals surface area contributed by atoms with Crippen molar-refractivity contribution >= 4 is 38.9 Å². The Hall–Kier alpha value is -2.05. The van der Waals surface area contributed by atoms with Crippen molar-refractivity contribution < 1.29 is 8.42 Å². The van der Waals surface area contributed by atoms with Gasteiger partial charge in [-0.05, 0) is 29.8 Å². The lowest BCUT2D eigenvalue weighted by Crippen LogP contribution is -2.42. The van der Waals surface area contributed by atoms with Gasteiger partial charge >= 0.3 is 0 Å². The van der Waals surface area contributed by atoms with E-state index >= 15 is 0 Å². The van der Waals surface area contributed by atoms with E-state index in [-0.39, 0.29) is 11.4 Å². The van der Waals surface area contributed by atoms with Gasteiger partial charge in [0, 0.05) is 22.2 Å². The lowest BCUT2D eigenvalue weighted by Gasteiger charge is -2.37. The summed E-state index contributed by atoms with van der Waals surface area (Å²) < 4.78 is 28.2. The predicted octanol–water partition coefficient (Wildman–Crippen LogP) is 5.31. The van der Waals surface area contributed by atoms with Gasteiger partial charge in [-0.3, -0.25) is 0 Å². The fraction of sp³-hybridized carbons (Fsp3) is 0.100. The molecule has 3 aromatic rings. The van der Waals surface area contributed by atoms with E-state index in [1.54, 1.807) is 36.4 Å². The molecule has 0 amide bonds. The minimum Gasteiger partial charge on any atom is -0.364 e. The molecule has 138 valence electrons. The van der Waals surface area contributed by atoms with E-state index in [2.05, 4.69) is 5.32 Å². The van der Waals surface area contributed by atoms with Crippen LogP contribution in [0.2, 0.25) is 10.0 Å². The third-order valence-electron chi connectivity index (χ3n) is 4.54. The van der Waals surface area contributed by atoms with Crippen molar-refractivity contribution in [1.82, 2.24) is 4.31 Å². The number of nitrogens with zero attached hydrogens (tertiary/aromatic N) is 1. The lowest BCUT2D eigenvalue weighted by molar-refractivity contribution is 0.336. The van der Waals surface area contributed by atoms with Crippen LogP contribution in [0.5, 0.6) is 0 Å². The molecule has 1 aliphatic heterocycles. The monoisotopic (exact) mass is 418 g/mol. The predicted molar refractivity (Wildman–Crippen MR) is 108 cm³/mol. The quantitative estimate of drug-likeness (QED) is 0.626. The molecule has 0 aliphatic carbocycles. The molecule has 1 unspecified atom stereocenters. The molecular weight excluding hydrogens is 403 g/mol. The van der Waals surface area contributed by atoms with Crippen LogP contribution in [0.1, 0.15) is 17.3 Å². The van der Waals surface area contributed by atoms with E-state index in [0.717, 1.165) is 5.56 Å². The molecule has 7 heteroatoms. The zero-order chi connectivity index (χ0) is 19.0. The number of hydrogen-bond acceptors (Lipinski definition) is 3. The summed E-state index contributed by atoms with van der Waals surface area (Å²) in [6, 6.07) is 21.3. The highest BCUT2D eigenvalue weighted by Crippen LogP contribution is 2.41.